The number of carboxylic acid groups (broad SMARTS) is 1. The van der Waals surface area contributed by atoms with E-state index in [1.165, 1.54) is 23.1 Å². The molecule has 0 aliphatic heterocycles. The highest BCUT2D eigenvalue weighted by Crippen LogP contribution is 2.17. The maximum Gasteiger partial charge on any atom is 0.323 e. The van der Waals surface area contributed by atoms with Crippen LogP contribution in [0.5, 0.6) is 0 Å². The minimum Gasteiger partial charge on any atom is -0.480 e. The molecule has 13 heteroatoms. The van der Waals surface area contributed by atoms with Crippen LogP contribution in [-0.4, -0.2) is 71.9 Å². The summed E-state index contributed by atoms with van der Waals surface area (Å²) in [6.07, 6.45) is 3.04. The Morgan fingerprint density at radius 1 is 1.02 bits per heavy atom. The minimum absolute atomic E-state index is 0.0203. The van der Waals surface area contributed by atoms with Crippen LogP contribution in [0, 0.1) is 18.8 Å². The summed E-state index contributed by atoms with van der Waals surface area (Å²) in [6, 6.07) is 17.4. The van der Waals surface area contributed by atoms with Crippen LogP contribution in [0.15, 0.2) is 88.4 Å². The van der Waals surface area contributed by atoms with E-state index in [2.05, 4.69) is 36.9 Å². The first-order valence-corrected chi connectivity index (χ1v) is 15.6. The molecular formula is C32H32N6O6S. The molecule has 0 spiro atoms. The van der Waals surface area contributed by atoms with Crippen LogP contribution < -0.4 is 10.6 Å². The molecule has 2 atom stereocenters. The number of hydrogen-bond acceptors (Lipinski definition) is 8. The fourth-order valence-corrected chi connectivity index (χ4v) is 6.20. The Morgan fingerprint density at radius 2 is 1.78 bits per heavy atom. The smallest absolute Gasteiger partial charge is 0.323 e. The maximum atomic E-state index is 14.0. The predicted molar refractivity (Wildman–Crippen MR) is 168 cm³/mol. The van der Waals surface area contributed by atoms with Gasteiger partial charge in [0.15, 0.2) is 0 Å². The Balaban J connectivity index is 1.51. The second-order valence-electron chi connectivity index (χ2n) is 9.98. The van der Waals surface area contributed by atoms with Gasteiger partial charge in [-0.25, -0.2) is 4.21 Å². The number of hydrogen-bond donors (Lipinski definition) is 4. The van der Waals surface area contributed by atoms with Crippen LogP contribution >= 0.6 is 0 Å². The van der Waals surface area contributed by atoms with E-state index in [0.717, 1.165) is 5.69 Å². The number of amides is 2. The molecule has 232 valence electrons. The number of aliphatic carboxylic acids is 1. The van der Waals surface area contributed by atoms with E-state index >= 15 is 0 Å². The Hall–Kier alpha value is -5.16. The molecule has 2 aromatic carbocycles. The van der Waals surface area contributed by atoms with E-state index in [-0.39, 0.29) is 30.2 Å². The Labute approximate surface area is 260 Å². The number of rotatable bonds is 11. The fraction of sp³-hybridized carbons (Fsp3) is 0.219. The van der Waals surface area contributed by atoms with Gasteiger partial charge in [0, 0.05) is 46.9 Å². The first-order valence-electron chi connectivity index (χ1n) is 13.9. The lowest BCUT2D eigenvalue weighted by Crippen LogP contribution is -2.40. The lowest BCUT2D eigenvalue weighted by molar-refractivity contribution is -0.140. The molecule has 45 heavy (non-hydrogen) atoms. The molecule has 12 nitrogen and oxygen atoms in total. The van der Waals surface area contributed by atoms with Crippen LogP contribution in [0.4, 0.5) is 5.69 Å². The zero-order valence-corrected chi connectivity index (χ0v) is 25.5. The van der Waals surface area contributed by atoms with Crippen molar-refractivity contribution >= 4 is 33.2 Å². The number of anilines is 1. The number of carboxylic acids is 1. The van der Waals surface area contributed by atoms with Crippen molar-refractivity contribution in [3.8, 4) is 11.8 Å². The van der Waals surface area contributed by atoms with Crippen LogP contribution in [0.25, 0.3) is 0 Å². The summed E-state index contributed by atoms with van der Waals surface area (Å²) in [5, 5.41) is 28.0. The number of aliphatic hydroxyl groups is 1. The second kappa shape index (κ2) is 15.0. The third kappa shape index (κ3) is 8.93. The standard InChI is InChI=1S/C32H32N6O6S/c1-22-16-29(38(2)36-22)31(41)35-26-9-6-8-23(18-26)12-13-24-17-25(20-33-19-24)30(40)37-45(44,27-10-4-3-5-11-27)15-7-14-34-28(21-39)32(42)43/h3-6,8-11,16-20,28,34,39H,7,14-15,21H2,1-2H3,(H,35,41)(H,42,43). The van der Waals surface area contributed by atoms with Crippen LogP contribution in [0.2, 0.25) is 0 Å². The molecule has 2 heterocycles. The zero-order valence-electron chi connectivity index (χ0n) is 24.6. The molecule has 2 amide bonds. The van der Waals surface area contributed by atoms with Gasteiger partial charge < -0.3 is 20.8 Å². The van der Waals surface area contributed by atoms with Crippen molar-refractivity contribution in [3.05, 3.63) is 107 Å². The Kier molecular flexibility index (Phi) is 10.9. The number of aliphatic hydroxyl groups excluding tert-OH is 1. The largest absolute Gasteiger partial charge is 0.480 e. The van der Waals surface area contributed by atoms with Crippen molar-refractivity contribution in [1.82, 2.24) is 20.1 Å². The molecule has 0 saturated heterocycles. The Morgan fingerprint density at radius 3 is 2.47 bits per heavy atom. The van der Waals surface area contributed by atoms with Crippen molar-refractivity contribution in [2.24, 2.45) is 11.4 Å². The van der Waals surface area contributed by atoms with Crippen LogP contribution in [0.3, 0.4) is 0 Å². The molecule has 0 aliphatic carbocycles. The summed E-state index contributed by atoms with van der Waals surface area (Å²) < 4.78 is 19.6. The van der Waals surface area contributed by atoms with Gasteiger partial charge in [0.25, 0.3) is 11.8 Å². The number of aromatic nitrogens is 3. The molecule has 4 rings (SSSR count). The van der Waals surface area contributed by atoms with Gasteiger partial charge in [0.2, 0.25) is 0 Å². The number of benzene rings is 2. The third-order valence-electron chi connectivity index (χ3n) is 6.50. The average Bonchev–Trinajstić information content (AvgIpc) is 3.38. The fourth-order valence-electron chi connectivity index (χ4n) is 4.27. The van der Waals surface area contributed by atoms with Gasteiger partial charge in [-0.15, -0.1) is 0 Å². The highest BCUT2D eigenvalue weighted by Gasteiger charge is 2.19. The lowest BCUT2D eigenvalue weighted by atomic mass is 10.1. The van der Waals surface area contributed by atoms with Crippen molar-refractivity contribution < 1.29 is 28.8 Å². The van der Waals surface area contributed by atoms with Gasteiger partial charge in [-0.2, -0.15) is 9.46 Å². The summed E-state index contributed by atoms with van der Waals surface area (Å²) in [5.74, 6) is 3.70. The molecular weight excluding hydrogens is 596 g/mol. The van der Waals surface area contributed by atoms with Gasteiger partial charge in [-0.1, -0.05) is 36.1 Å². The molecule has 4 aromatic rings. The van der Waals surface area contributed by atoms with Crippen molar-refractivity contribution in [3.63, 3.8) is 0 Å². The maximum absolute atomic E-state index is 14.0. The minimum atomic E-state index is -3.22. The van der Waals surface area contributed by atoms with E-state index in [4.69, 9.17) is 5.11 Å². The topological polar surface area (TPSA) is 176 Å². The van der Waals surface area contributed by atoms with E-state index in [9.17, 15) is 23.7 Å². The lowest BCUT2D eigenvalue weighted by Gasteiger charge is -2.13. The van der Waals surface area contributed by atoms with Gasteiger partial charge in [0.05, 0.1) is 27.6 Å². The summed E-state index contributed by atoms with van der Waals surface area (Å²) in [6.45, 7) is 1.36. The molecule has 2 aromatic heterocycles. The highest BCUT2D eigenvalue weighted by molar-refractivity contribution is 7.94. The van der Waals surface area contributed by atoms with Crippen LogP contribution in [-0.2, 0) is 21.6 Å². The predicted octanol–water partition coefficient (Wildman–Crippen LogP) is 2.87. The van der Waals surface area contributed by atoms with E-state index in [0.29, 0.717) is 27.4 Å². The number of nitrogens with one attached hydrogen (secondary N) is 2. The zero-order chi connectivity index (χ0) is 32.4. The van der Waals surface area contributed by atoms with E-state index in [1.807, 2.05) is 0 Å². The first-order chi connectivity index (χ1) is 21.6. The number of aryl methyl sites for hydroxylation is 2. The molecule has 2 unspecified atom stereocenters. The van der Waals surface area contributed by atoms with E-state index in [1.54, 1.807) is 74.6 Å². The van der Waals surface area contributed by atoms with Gasteiger partial charge in [0.1, 0.15) is 11.7 Å². The molecule has 0 aliphatic rings. The third-order valence-corrected chi connectivity index (χ3v) is 8.81. The van der Waals surface area contributed by atoms with Crippen LogP contribution in [0.1, 0.15) is 44.1 Å². The van der Waals surface area contributed by atoms with E-state index < -0.39 is 34.3 Å². The van der Waals surface area contributed by atoms with Crippen molar-refractivity contribution in [2.75, 3.05) is 24.2 Å². The summed E-state index contributed by atoms with van der Waals surface area (Å²) >= 11 is 0. The van der Waals surface area contributed by atoms with Crippen molar-refractivity contribution in [1.29, 1.82) is 0 Å². The molecule has 0 bridgehead atoms. The van der Waals surface area contributed by atoms with Crippen molar-refractivity contribution in [2.45, 2.75) is 24.3 Å². The second-order valence-corrected chi connectivity index (χ2v) is 12.3. The van der Waals surface area contributed by atoms with Gasteiger partial charge >= 0.3 is 5.97 Å². The Bertz CT molecular complexity index is 1890. The highest BCUT2D eigenvalue weighted by atomic mass is 32.2. The summed E-state index contributed by atoms with van der Waals surface area (Å²) in [7, 11) is -1.53. The molecule has 0 radical (unpaired) electrons. The number of pyridine rings is 1. The van der Waals surface area contributed by atoms with Gasteiger partial charge in [-0.05, 0) is 62.4 Å². The quantitative estimate of drug-likeness (QED) is 0.144. The molecule has 0 fully saturated rings. The molecule has 0 saturated carbocycles. The first kappa shape index (κ1) is 32.7. The number of nitrogens with zero attached hydrogens (tertiary/aromatic N) is 4. The average molecular weight is 629 g/mol. The summed E-state index contributed by atoms with van der Waals surface area (Å²) in [5.41, 5.74) is 2.84. The monoisotopic (exact) mass is 628 g/mol. The normalized spacial score (nSPS) is 12.7. The SMILES string of the molecule is Cc1cc(C(=O)Nc2cccc(C#Cc3cncc(C(=O)N=S(=O)(CCCNC(CO)C(=O)O)c4ccccc4)c3)c2)n(C)n1. The summed E-state index contributed by atoms with van der Waals surface area (Å²) in [4.78, 5) is 41.5. The van der Waals surface area contributed by atoms with Gasteiger partial charge in [-0.3, -0.25) is 24.0 Å². The number of carbonyl (C=O) groups excluding carboxylic acids is 2. The molecule has 4 N–H and O–H groups in total. The number of carbonyl (C=O) groups is 3.